The summed E-state index contributed by atoms with van der Waals surface area (Å²) in [4.78, 5) is 17.2. The topological polar surface area (TPSA) is 109 Å². The molecule has 3 rings (SSSR count). The maximum absolute atomic E-state index is 11.4. The summed E-state index contributed by atoms with van der Waals surface area (Å²) in [6, 6.07) is 8.84. The zero-order valence-corrected chi connectivity index (χ0v) is 14.7. The maximum Gasteiger partial charge on any atom is 0.407 e. The zero-order chi connectivity index (χ0) is 18.7. The number of phenols is 1. The highest BCUT2D eigenvalue weighted by Crippen LogP contribution is 2.36. The van der Waals surface area contributed by atoms with Gasteiger partial charge in [0.1, 0.15) is 11.6 Å². The van der Waals surface area contributed by atoms with Gasteiger partial charge in [-0.1, -0.05) is 12.1 Å². The molecule has 1 amide bonds. The number of carbonyl (C=O) groups is 1. The highest BCUT2D eigenvalue weighted by atomic mass is 16.5. The first-order chi connectivity index (χ1) is 12.5. The second kappa shape index (κ2) is 7.61. The SMILES string of the molecule is COCc1c(C2CCCN(C(=O)O)C2)cc(-c2ccccc2O)nc1N. The number of piperidine rings is 1. The van der Waals surface area contributed by atoms with E-state index in [1.54, 1.807) is 25.3 Å². The number of nitrogens with two attached hydrogens (primary N) is 1. The van der Waals surface area contributed by atoms with Gasteiger partial charge < -0.3 is 25.6 Å². The number of amides is 1. The van der Waals surface area contributed by atoms with Crippen molar-refractivity contribution in [3.63, 3.8) is 0 Å². The van der Waals surface area contributed by atoms with Gasteiger partial charge in [-0.3, -0.25) is 0 Å². The van der Waals surface area contributed by atoms with E-state index in [9.17, 15) is 15.0 Å². The number of para-hydroxylation sites is 1. The van der Waals surface area contributed by atoms with Gasteiger partial charge in [0.2, 0.25) is 0 Å². The molecule has 2 heterocycles. The molecule has 7 heteroatoms. The molecule has 7 nitrogen and oxygen atoms in total. The molecule has 138 valence electrons. The highest BCUT2D eigenvalue weighted by molar-refractivity contribution is 5.70. The van der Waals surface area contributed by atoms with Crippen LogP contribution < -0.4 is 5.73 Å². The molecule has 0 bridgehead atoms. The number of hydrogen-bond donors (Lipinski definition) is 3. The molecule has 1 atom stereocenters. The van der Waals surface area contributed by atoms with Gasteiger partial charge in [-0.25, -0.2) is 9.78 Å². The minimum Gasteiger partial charge on any atom is -0.507 e. The first-order valence-electron chi connectivity index (χ1n) is 8.55. The number of phenolic OH excluding ortho intramolecular Hbond substituents is 1. The lowest BCUT2D eigenvalue weighted by atomic mass is 9.87. The van der Waals surface area contributed by atoms with Crippen LogP contribution in [0.3, 0.4) is 0 Å². The van der Waals surface area contributed by atoms with E-state index in [1.807, 2.05) is 12.1 Å². The van der Waals surface area contributed by atoms with Gasteiger partial charge in [0, 0.05) is 37.2 Å². The van der Waals surface area contributed by atoms with E-state index in [0.29, 0.717) is 36.8 Å². The van der Waals surface area contributed by atoms with Crippen LogP contribution in [0.15, 0.2) is 30.3 Å². The van der Waals surface area contributed by atoms with Crippen molar-refractivity contribution in [1.29, 1.82) is 0 Å². The number of nitrogen functional groups attached to an aromatic ring is 1. The summed E-state index contributed by atoms with van der Waals surface area (Å²) in [5.41, 5.74) is 9.07. The fourth-order valence-electron chi connectivity index (χ4n) is 3.51. The van der Waals surface area contributed by atoms with Crippen LogP contribution in [-0.2, 0) is 11.3 Å². The second-order valence-corrected chi connectivity index (χ2v) is 6.48. The maximum atomic E-state index is 11.4. The van der Waals surface area contributed by atoms with Crippen molar-refractivity contribution in [2.75, 3.05) is 25.9 Å². The van der Waals surface area contributed by atoms with Crippen molar-refractivity contribution >= 4 is 11.9 Å². The number of ether oxygens (including phenoxy) is 1. The van der Waals surface area contributed by atoms with Crippen molar-refractivity contribution in [3.8, 4) is 17.0 Å². The lowest BCUT2D eigenvalue weighted by molar-refractivity contribution is 0.130. The Balaban J connectivity index is 2.06. The molecule has 0 radical (unpaired) electrons. The van der Waals surface area contributed by atoms with Crippen LogP contribution >= 0.6 is 0 Å². The van der Waals surface area contributed by atoms with Crippen LogP contribution in [0.1, 0.15) is 29.9 Å². The molecule has 0 aliphatic carbocycles. The number of pyridine rings is 1. The van der Waals surface area contributed by atoms with Crippen LogP contribution in [-0.4, -0.2) is 46.4 Å². The van der Waals surface area contributed by atoms with Crippen LogP contribution in [0.5, 0.6) is 5.75 Å². The predicted octanol–water partition coefficient (Wildman–Crippen LogP) is 3.04. The summed E-state index contributed by atoms with van der Waals surface area (Å²) < 4.78 is 5.28. The summed E-state index contributed by atoms with van der Waals surface area (Å²) in [7, 11) is 1.59. The second-order valence-electron chi connectivity index (χ2n) is 6.48. The Kier molecular flexibility index (Phi) is 5.27. The first kappa shape index (κ1) is 18.0. The summed E-state index contributed by atoms with van der Waals surface area (Å²) in [5.74, 6) is 0.482. The highest BCUT2D eigenvalue weighted by Gasteiger charge is 2.27. The number of carboxylic acid groups (broad SMARTS) is 1. The molecule has 1 saturated heterocycles. The number of likely N-dealkylation sites (tertiary alicyclic amines) is 1. The zero-order valence-electron chi connectivity index (χ0n) is 14.7. The van der Waals surface area contributed by atoms with Crippen LogP contribution in [0.2, 0.25) is 0 Å². The van der Waals surface area contributed by atoms with E-state index in [0.717, 1.165) is 24.0 Å². The minimum absolute atomic E-state index is 0.0138. The van der Waals surface area contributed by atoms with Gasteiger partial charge in [-0.2, -0.15) is 0 Å². The number of hydrogen-bond acceptors (Lipinski definition) is 5. The Morgan fingerprint density at radius 3 is 2.88 bits per heavy atom. The number of aromatic hydroxyl groups is 1. The third-order valence-corrected chi connectivity index (χ3v) is 4.79. The number of aromatic nitrogens is 1. The van der Waals surface area contributed by atoms with Gasteiger partial charge in [-0.05, 0) is 36.6 Å². The molecule has 2 aromatic rings. The van der Waals surface area contributed by atoms with E-state index < -0.39 is 6.09 Å². The number of methoxy groups -OCH3 is 1. The minimum atomic E-state index is -0.911. The number of benzene rings is 1. The summed E-state index contributed by atoms with van der Waals surface area (Å²) in [6.45, 7) is 1.26. The van der Waals surface area contributed by atoms with Crippen LogP contribution in [0.25, 0.3) is 11.3 Å². The van der Waals surface area contributed by atoms with Gasteiger partial charge in [0.15, 0.2) is 0 Å². The van der Waals surface area contributed by atoms with Crippen molar-refractivity contribution < 1.29 is 19.7 Å². The standard InChI is InChI=1S/C19H23N3O4/c1-26-11-15-14(12-5-4-8-22(10-12)19(24)25)9-16(21-18(15)20)13-6-2-3-7-17(13)23/h2-3,6-7,9,12,23H,4-5,8,10-11H2,1H3,(H2,20,21)(H,24,25). The quantitative estimate of drug-likeness (QED) is 0.776. The summed E-state index contributed by atoms with van der Waals surface area (Å²) >= 11 is 0. The molecule has 0 saturated carbocycles. The van der Waals surface area contributed by atoms with Gasteiger partial charge in [0.05, 0.1) is 12.3 Å². The van der Waals surface area contributed by atoms with Crippen LogP contribution in [0, 0.1) is 0 Å². The first-order valence-corrected chi connectivity index (χ1v) is 8.55. The smallest absolute Gasteiger partial charge is 0.407 e. The number of rotatable bonds is 4. The fraction of sp³-hybridized carbons (Fsp3) is 0.368. The summed E-state index contributed by atoms with van der Waals surface area (Å²) in [5, 5.41) is 19.5. The number of anilines is 1. The summed E-state index contributed by atoms with van der Waals surface area (Å²) in [6.07, 6.45) is 0.743. The lowest BCUT2D eigenvalue weighted by Gasteiger charge is -2.32. The van der Waals surface area contributed by atoms with Crippen molar-refractivity contribution in [2.24, 2.45) is 0 Å². The molecule has 4 N–H and O–H groups in total. The van der Waals surface area contributed by atoms with E-state index in [1.165, 1.54) is 4.90 Å². The monoisotopic (exact) mass is 357 g/mol. The van der Waals surface area contributed by atoms with E-state index >= 15 is 0 Å². The van der Waals surface area contributed by atoms with E-state index in [2.05, 4.69) is 4.98 Å². The average Bonchev–Trinajstić information content (AvgIpc) is 2.64. The predicted molar refractivity (Wildman–Crippen MR) is 98.0 cm³/mol. The van der Waals surface area contributed by atoms with Gasteiger partial charge >= 0.3 is 6.09 Å². The average molecular weight is 357 g/mol. The Hall–Kier alpha value is -2.80. The van der Waals surface area contributed by atoms with Crippen LogP contribution in [0.4, 0.5) is 10.6 Å². The molecular weight excluding hydrogens is 334 g/mol. The normalized spacial score (nSPS) is 17.3. The third kappa shape index (κ3) is 3.57. The van der Waals surface area contributed by atoms with Gasteiger partial charge in [0.25, 0.3) is 0 Å². The molecule has 1 aliphatic heterocycles. The molecule has 1 unspecified atom stereocenters. The van der Waals surface area contributed by atoms with Crippen molar-refractivity contribution in [3.05, 3.63) is 41.5 Å². The largest absolute Gasteiger partial charge is 0.507 e. The van der Waals surface area contributed by atoms with E-state index in [4.69, 9.17) is 10.5 Å². The Morgan fingerprint density at radius 1 is 1.42 bits per heavy atom. The Morgan fingerprint density at radius 2 is 2.19 bits per heavy atom. The molecular formula is C19H23N3O4. The molecule has 1 aromatic carbocycles. The molecule has 0 spiro atoms. The third-order valence-electron chi connectivity index (χ3n) is 4.79. The van der Waals surface area contributed by atoms with Gasteiger partial charge in [-0.15, -0.1) is 0 Å². The molecule has 1 fully saturated rings. The Bertz CT molecular complexity index is 809. The van der Waals surface area contributed by atoms with Crippen molar-refractivity contribution in [2.45, 2.75) is 25.4 Å². The number of nitrogens with zero attached hydrogens (tertiary/aromatic N) is 2. The molecule has 1 aromatic heterocycles. The van der Waals surface area contributed by atoms with Crippen molar-refractivity contribution in [1.82, 2.24) is 9.88 Å². The molecule has 26 heavy (non-hydrogen) atoms. The molecule has 1 aliphatic rings. The fourth-order valence-corrected chi connectivity index (χ4v) is 3.51. The Labute approximate surface area is 152 Å². The van der Waals surface area contributed by atoms with E-state index in [-0.39, 0.29) is 11.7 Å². The lowest BCUT2D eigenvalue weighted by Crippen LogP contribution is -2.38.